The Bertz CT molecular complexity index is 1190. The lowest BCUT2D eigenvalue weighted by atomic mass is 10.1. The molecule has 3 rings (SSSR count). The molecule has 0 bridgehead atoms. The summed E-state index contributed by atoms with van der Waals surface area (Å²) in [6, 6.07) is 17.2. The first-order chi connectivity index (χ1) is 14.5. The van der Waals surface area contributed by atoms with Crippen LogP contribution < -0.4 is 4.47 Å². The Morgan fingerprint density at radius 1 is 0.935 bits per heavy atom. The van der Waals surface area contributed by atoms with Crippen molar-refractivity contribution in [3.05, 3.63) is 83.9 Å². The molecule has 0 spiro atoms. The normalized spacial score (nSPS) is 11.9. The van der Waals surface area contributed by atoms with Crippen LogP contribution in [0.2, 0.25) is 0 Å². The SMILES string of the molecule is Cc1ccc(S(=O)(=O)N(OC(F)(F)F)c2ccc(-c3ccccc3)cc2)cc1C(=O)O. The number of hydrogen-bond donors (Lipinski definition) is 1. The molecule has 0 unspecified atom stereocenters. The number of carboxylic acids is 1. The number of sulfonamides is 1. The summed E-state index contributed by atoms with van der Waals surface area (Å²) in [5.74, 6) is -1.41. The van der Waals surface area contributed by atoms with Gasteiger partial charge >= 0.3 is 12.3 Å². The molecule has 1 N–H and O–H groups in total. The molecule has 6 nitrogen and oxygen atoms in total. The number of carbonyl (C=O) groups is 1. The quantitative estimate of drug-likeness (QED) is 0.533. The Morgan fingerprint density at radius 2 is 1.52 bits per heavy atom. The van der Waals surface area contributed by atoms with Gasteiger partial charge in [0.25, 0.3) is 10.0 Å². The van der Waals surface area contributed by atoms with Crippen LogP contribution in [0.5, 0.6) is 0 Å². The number of nitrogens with zero attached hydrogens (tertiary/aromatic N) is 1. The predicted octanol–water partition coefficient (Wildman–Crippen LogP) is 5.01. The predicted molar refractivity (Wildman–Crippen MR) is 107 cm³/mol. The summed E-state index contributed by atoms with van der Waals surface area (Å²) in [6.45, 7) is 1.44. The molecule has 10 heteroatoms. The number of benzene rings is 3. The standard InChI is InChI=1S/C21H16F3NO5S/c1-14-7-12-18(13-19(14)20(26)27)31(28,29)25(30-21(22,23)24)17-10-8-16(9-11-17)15-5-3-2-4-6-15/h2-13H,1H3,(H,26,27). The van der Waals surface area contributed by atoms with Crippen molar-refractivity contribution < 1.29 is 36.3 Å². The van der Waals surface area contributed by atoms with Crippen LogP contribution in [-0.2, 0) is 14.9 Å². The van der Waals surface area contributed by atoms with Gasteiger partial charge in [-0.25, -0.2) is 4.79 Å². The van der Waals surface area contributed by atoms with Gasteiger partial charge in [0.2, 0.25) is 0 Å². The number of rotatable bonds is 6. The summed E-state index contributed by atoms with van der Waals surface area (Å²) >= 11 is 0. The summed E-state index contributed by atoms with van der Waals surface area (Å²) in [5.41, 5.74) is 0.922. The number of halogens is 3. The van der Waals surface area contributed by atoms with Crippen LogP contribution in [0.15, 0.2) is 77.7 Å². The Labute approximate surface area is 176 Å². The van der Waals surface area contributed by atoms with E-state index in [1.165, 1.54) is 25.1 Å². The third-order valence-corrected chi connectivity index (χ3v) is 5.90. The van der Waals surface area contributed by atoms with Crippen LogP contribution in [0.25, 0.3) is 11.1 Å². The van der Waals surface area contributed by atoms with Crippen LogP contribution in [0.4, 0.5) is 18.9 Å². The highest BCUT2D eigenvalue weighted by atomic mass is 32.2. The molecule has 0 atom stereocenters. The molecular formula is C21H16F3NO5S. The van der Waals surface area contributed by atoms with Crippen LogP contribution in [0.1, 0.15) is 15.9 Å². The zero-order valence-corrected chi connectivity index (χ0v) is 16.8. The third kappa shape index (κ3) is 5.04. The van der Waals surface area contributed by atoms with Gasteiger partial charge in [-0.2, -0.15) is 13.3 Å². The van der Waals surface area contributed by atoms with Gasteiger partial charge in [-0.3, -0.25) is 0 Å². The van der Waals surface area contributed by atoms with E-state index in [2.05, 4.69) is 4.84 Å². The summed E-state index contributed by atoms with van der Waals surface area (Å²) in [4.78, 5) is 14.5. The van der Waals surface area contributed by atoms with Gasteiger partial charge < -0.3 is 5.11 Å². The molecule has 162 valence electrons. The van der Waals surface area contributed by atoms with Crippen LogP contribution >= 0.6 is 0 Å². The van der Waals surface area contributed by atoms with Gasteiger partial charge in [0.05, 0.1) is 16.1 Å². The van der Waals surface area contributed by atoms with Crippen molar-refractivity contribution in [1.82, 2.24) is 0 Å². The highest BCUT2D eigenvalue weighted by molar-refractivity contribution is 7.92. The molecule has 0 fully saturated rings. The fourth-order valence-electron chi connectivity index (χ4n) is 2.83. The van der Waals surface area contributed by atoms with Crippen LogP contribution in [0.3, 0.4) is 0 Å². The first-order valence-electron chi connectivity index (χ1n) is 8.80. The van der Waals surface area contributed by atoms with Crippen molar-refractivity contribution in [2.45, 2.75) is 18.2 Å². The van der Waals surface area contributed by atoms with Crippen LogP contribution in [-0.4, -0.2) is 25.9 Å². The van der Waals surface area contributed by atoms with Crippen molar-refractivity contribution >= 4 is 21.7 Å². The lowest BCUT2D eigenvalue weighted by Crippen LogP contribution is -2.36. The van der Waals surface area contributed by atoms with E-state index in [-0.39, 0.29) is 15.6 Å². The molecule has 0 aromatic heterocycles. The molecule has 3 aromatic rings. The highest BCUT2D eigenvalue weighted by Crippen LogP contribution is 2.32. The van der Waals surface area contributed by atoms with Gasteiger partial charge in [-0.1, -0.05) is 48.5 Å². The Hall–Kier alpha value is -3.37. The maximum absolute atomic E-state index is 13.0. The van der Waals surface area contributed by atoms with E-state index in [4.69, 9.17) is 0 Å². The molecule has 3 aromatic carbocycles. The van der Waals surface area contributed by atoms with E-state index in [1.54, 1.807) is 30.3 Å². The van der Waals surface area contributed by atoms with E-state index < -0.39 is 32.9 Å². The zero-order chi connectivity index (χ0) is 22.8. The van der Waals surface area contributed by atoms with Gasteiger partial charge in [0, 0.05) is 0 Å². The maximum Gasteiger partial charge on any atom is 0.544 e. The Balaban J connectivity index is 2.07. The zero-order valence-electron chi connectivity index (χ0n) is 16.0. The van der Waals surface area contributed by atoms with E-state index in [1.807, 2.05) is 0 Å². The minimum Gasteiger partial charge on any atom is -0.478 e. The summed E-state index contributed by atoms with van der Waals surface area (Å²) in [6.07, 6.45) is -5.31. The number of aryl methyl sites for hydroxylation is 1. The molecule has 0 amide bonds. The molecule has 0 aliphatic heterocycles. The Kier molecular flexibility index (Phi) is 6.05. The lowest BCUT2D eigenvalue weighted by Gasteiger charge is -2.24. The highest BCUT2D eigenvalue weighted by Gasteiger charge is 2.40. The second kappa shape index (κ2) is 8.40. The van der Waals surface area contributed by atoms with Crippen molar-refractivity contribution in [3.63, 3.8) is 0 Å². The molecule has 0 radical (unpaired) electrons. The number of aromatic carboxylic acids is 1. The fourth-order valence-corrected chi connectivity index (χ4v) is 4.11. The summed E-state index contributed by atoms with van der Waals surface area (Å²) < 4.78 is 64.7. The van der Waals surface area contributed by atoms with Gasteiger partial charge in [-0.15, -0.1) is 17.6 Å². The molecule has 31 heavy (non-hydrogen) atoms. The van der Waals surface area contributed by atoms with E-state index in [9.17, 15) is 31.5 Å². The second-order valence-electron chi connectivity index (χ2n) is 6.46. The fraction of sp³-hybridized carbons (Fsp3) is 0.0952. The third-order valence-electron chi connectivity index (χ3n) is 4.33. The largest absolute Gasteiger partial charge is 0.544 e. The van der Waals surface area contributed by atoms with Gasteiger partial charge in [-0.05, 0) is 47.9 Å². The molecule has 0 saturated heterocycles. The number of anilines is 1. The van der Waals surface area contributed by atoms with Crippen molar-refractivity contribution in [2.24, 2.45) is 0 Å². The van der Waals surface area contributed by atoms with E-state index >= 15 is 0 Å². The molecule has 0 saturated carbocycles. The minimum absolute atomic E-state index is 0.252. The van der Waals surface area contributed by atoms with E-state index in [0.29, 0.717) is 5.56 Å². The number of carboxylic acid groups (broad SMARTS) is 1. The van der Waals surface area contributed by atoms with Crippen molar-refractivity contribution in [1.29, 1.82) is 0 Å². The first-order valence-corrected chi connectivity index (χ1v) is 10.2. The topological polar surface area (TPSA) is 83.9 Å². The number of alkyl halides is 3. The average Bonchev–Trinajstić information content (AvgIpc) is 2.72. The summed E-state index contributed by atoms with van der Waals surface area (Å²) in [5, 5.41) is 9.22. The lowest BCUT2D eigenvalue weighted by molar-refractivity contribution is -0.322. The first kappa shape index (κ1) is 22.3. The minimum atomic E-state index is -5.31. The monoisotopic (exact) mass is 451 g/mol. The second-order valence-corrected chi connectivity index (χ2v) is 8.22. The molecule has 0 aliphatic carbocycles. The van der Waals surface area contributed by atoms with Crippen molar-refractivity contribution in [2.75, 3.05) is 4.47 Å². The smallest absolute Gasteiger partial charge is 0.478 e. The Morgan fingerprint density at radius 3 is 2.06 bits per heavy atom. The number of hydrogen-bond acceptors (Lipinski definition) is 4. The van der Waals surface area contributed by atoms with Crippen molar-refractivity contribution in [3.8, 4) is 11.1 Å². The maximum atomic E-state index is 13.0. The van der Waals surface area contributed by atoms with Gasteiger partial charge in [0.15, 0.2) is 0 Å². The van der Waals surface area contributed by atoms with Gasteiger partial charge in [0.1, 0.15) is 0 Å². The average molecular weight is 451 g/mol. The molecule has 0 heterocycles. The van der Waals surface area contributed by atoms with E-state index in [0.717, 1.165) is 29.8 Å². The van der Waals surface area contributed by atoms with Crippen LogP contribution in [0, 0.1) is 6.92 Å². The summed E-state index contributed by atoms with van der Waals surface area (Å²) in [7, 11) is -4.91. The molecule has 0 aliphatic rings. The molecular weight excluding hydrogens is 435 g/mol.